The van der Waals surface area contributed by atoms with E-state index in [2.05, 4.69) is 5.32 Å². The van der Waals surface area contributed by atoms with Crippen molar-refractivity contribution >= 4 is 22.4 Å². The van der Waals surface area contributed by atoms with Crippen molar-refractivity contribution in [2.24, 2.45) is 0 Å². The third-order valence-electron chi connectivity index (χ3n) is 2.22. The first-order valence-electron chi connectivity index (χ1n) is 5.74. The minimum atomic E-state index is -1.34. The van der Waals surface area contributed by atoms with Crippen molar-refractivity contribution < 1.29 is 9.00 Å². The van der Waals surface area contributed by atoms with Gasteiger partial charge < -0.3 is 11.1 Å². The van der Waals surface area contributed by atoms with Crippen molar-refractivity contribution in [3.63, 3.8) is 0 Å². The Morgan fingerprint density at radius 1 is 1.39 bits per heavy atom. The molecule has 1 aromatic rings. The highest BCUT2D eigenvalue weighted by molar-refractivity contribution is 7.85. The predicted octanol–water partition coefficient (Wildman–Crippen LogP) is 1.60. The van der Waals surface area contributed by atoms with E-state index in [0.29, 0.717) is 10.6 Å². The quantitative estimate of drug-likeness (QED) is 0.818. The van der Waals surface area contributed by atoms with Gasteiger partial charge in [-0.3, -0.25) is 9.00 Å². The molecule has 3 N–H and O–H groups in total. The van der Waals surface area contributed by atoms with Crippen LogP contribution in [0.15, 0.2) is 23.1 Å². The van der Waals surface area contributed by atoms with Gasteiger partial charge in [0, 0.05) is 16.1 Å². The molecular formula is C13H20N2O2S. The molecule has 0 bridgehead atoms. The number of anilines is 1. The predicted molar refractivity (Wildman–Crippen MR) is 74.8 cm³/mol. The van der Waals surface area contributed by atoms with Crippen molar-refractivity contribution in [3.05, 3.63) is 23.8 Å². The second-order valence-electron chi connectivity index (χ2n) is 5.31. The van der Waals surface area contributed by atoms with Gasteiger partial charge in [-0.1, -0.05) is 0 Å². The van der Waals surface area contributed by atoms with Gasteiger partial charge in [-0.25, -0.2) is 0 Å². The summed E-state index contributed by atoms with van der Waals surface area (Å²) in [6.45, 7) is 7.51. The van der Waals surface area contributed by atoms with E-state index in [4.69, 9.17) is 5.73 Å². The van der Waals surface area contributed by atoms with E-state index in [-0.39, 0.29) is 17.2 Å². The van der Waals surface area contributed by atoms with Crippen LogP contribution in [0.3, 0.4) is 0 Å². The number of hydrogen-bond acceptors (Lipinski definition) is 3. The summed E-state index contributed by atoms with van der Waals surface area (Å²) in [5.41, 5.74) is 6.80. The average Bonchev–Trinajstić information content (AvgIpc) is 2.13. The molecule has 1 rings (SSSR count). The van der Waals surface area contributed by atoms with E-state index in [1.54, 1.807) is 18.2 Å². The van der Waals surface area contributed by atoms with E-state index in [0.717, 1.165) is 5.56 Å². The highest BCUT2D eigenvalue weighted by Crippen LogP contribution is 2.16. The number of nitrogens with one attached hydrogen (secondary N) is 1. The van der Waals surface area contributed by atoms with Crippen LogP contribution in [0, 0.1) is 6.92 Å². The third-order valence-corrected chi connectivity index (χ3v) is 3.69. The van der Waals surface area contributed by atoms with E-state index in [1.807, 2.05) is 27.7 Å². The molecule has 0 spiro atoms. The zero-order valence-corrected chi connectivity index (χ0v) is 12.1. The van der Waals surface area contributed by atoms with Gasteiger partial charge in [0.1, 0.15) is 5.75 Å². The summed E-state index contributed by atoms with van der Waals surface area (Å²) < 4.78 is 12.1. The molecule has 0 saturated carbocycles. The summed E-state index contributed by atoms with van der Waals surface area (Å²) in [5.74, 6) is -0.237. The lowest BCUT2D eigenvalue weighted by Gasteiger charge is -2.20. The maximum atomic E-state index is 12.1. The van der Waals surface area contributed by atoms with Crippen LogP contribution in [0.5, 0.6) is 0 Å². The van der Waals surface area contributed by atoms with Gasteiger partial charge >= 0.3 is 0 Å². The summed E-state index contributed by atoms with van der Waals surface area (Å²) in [4.78, 5) is 12.4. The number of carbonyl (C=O) groups excluding carboxylic acids is 1. The molecule has 18 heavy (non-hydrogen) atoms. The Kier molecular flexibility index (Phi) is 4.51. The van der Waals surface area contributed by atoms with Gasteiger partial charge in [0.05, 0.1) is 10.8 Å². The van der Waals surface area contributed by atoms with E-state index < -0.39 is 10.8 Å². The van der Waals surface area contributed by atoms with Crippen LogP contribution in [0.1, 0.15) is 26.3 Å². The fraction of sp³-hybridized carbons (Fsp3) is 0.462. The molecule has 0 fully saturated rings. The normalized spacial score (nSPS) is 13.1. The molecule has 1 amide bonds. The lowest BCUT2D eigenvalue weighted by molar-refractivity contribution is -0.119. The second-order valence-corrected chi connectivity index (χ2v) is 6.73. The molecule has 0 radical (unpaired) electrons. The second kappa shape index (κ2) is 5.52. The van der Waals surface area contributed by atoms with Crippen molar-refractivity contribution in [3.8, 4) is 0 Å². The Balaban J connectivity index is 2.74. The number of hydrogen-bond donors (Lipinski definition) is 2. The van der Waals surface area contributed by atoms with E-state index in [1.165, 1.54) is 0 Å². The molecule has 0 aliphatic rings. The Bertz CT molecular complexity index is 478. The van der Waals surface area contributed by atoms with Crippen molar-refractivity contribution in [2.75, 3.05) is 11.5 Å². The molecule has 0 saturated heterocycles. The minimum Gasteiger partial charge on any atom is -0.399 e. The molecule has 1 unspecified atom stereocenters. The number of carbonyl (C=O) groups is 1. The molecule has 0 aliphatic carbocycles. The van der Waals surface area contributed by atoms with Crippen molar-refractivity contribution in [2.45, 2.75) is 38.1 Å². The van der Waals surface area contributed by atoms with Crippen LogP contribution in [-0.4, -0.2) is 21.4 Å². The molecule has 0 aromatic heterocycles. The van der Waals surface area contributed by atoms with Gasteiger partial charge in [0.25, 0.3) is 0 Å². The van der Waals surface area contributed by atoms with Crippen molar-refractivity contribution in [1.29, 1.82) is 0 Å². The lowest BCUT2D eigenvalue weighted by atomic mass is 10.1. The maximum Gasteiger partial charge on any atom is 0.233 e. The third kappa shape index (κ3) is 4.49. The van der Waals surface area contributed by atoms with Crippen LogP contribution in [0.25, 0.3) is 0 Å². The summed E-state index contributed by atoms with van der Waals surface area (Å²) in [6, 6.07) is 5.17. The first-order chi connectivity index (χ1) is 8.19. The van der Waals surface area contributed by atoms with Gasteiger partial charge in [-0.15, -0.1) is 0 Å². The monoisotopic (exact) mass is 268 g/mol. The summed E-state index contributed by atoms with van der Waals surface area (Å²) >= 11 is 0. The molecule has 100 valence electrons. The molecular weight excluding hydrogens is 248 g/mol. The Labute approximate surface area is 110 Å². The Hall–Kier alpha value is -1.36. The molecule has 0 heterocycles. The number of aryl methyl sites for hydroxylation is 1. The fourth-order valence-electron chi connectivity index (χ4n) is 1.58. The van der Waals surface area contributed by atoms with Crippen LogP contribution in [0.2, 0.25) is 0 Å². The summed E-state index contributed by atoms with van der Waals surface area (Å²) in [7, 11) is -1.34. The number of benzene rings is 1. The average molecular weight is 268 g/mol. The molecule has 0 aliphatic heterocycles. The molecule has 5 heteroatoms. The first kappa shape index (κ1) is 14.7. The van der Waals surface area contributed by atoms with Gasteiger partial charge in [-0.05, 0) is 51.5 Å². The first-order valence-corrected chi connectivity index (χ1v) is 7.06. The lowest BCUT2D eigenvalue weighted by Crippen LogP contribution is -2.42. The fourth-order valence-corrected chi connectivity index (χ4v) is 2.68. The highest BCUT2D eigenvalue weighted by atomic mass is 32.2. The molecule has 4 nitrogen and oxygen atoms in total. The topological polar surface area (TPSA) is 72.2 Å². The number of nitrogen functional groups attached to an aromatic ring is 1. The number of rotatable bonds is 3. The van der Waals surface area contributed by atoms with Crippen LogP contribution in [-0.2, 0) is 15.6 Å². The largest absolute Gasteiger partial charge is 0.399 e. The number of nitrogens with two attached hydrogens (primary N) is 1. The molecule has 1 atom stereocenters. The van der Waals surface area contributed by atoms with Crippen LogP contribution < -0.4 is 11.1 Å². The van der Waals surface area contributed by atoms with E-state index in [9.17, 15) is 9.00 Å². The van der Waals surface area contributed by atoms with Crippen LogP contribution >= 0.6 is 0 Å². The van der Waals surface area contributed by atoms with E-state index >= 15 is 0 Å². The standard InChI is InChI=1S/C13H20N2O2S/c1-9-7-10(14)5-6-11(9)18(17)8-12(16)15-13(2,3)4/h5-7H,8,14H2,1-4H3,(H,15,16). The SMILES string of the molecule is Cc1cc(N)ccc1S(=O)CC(=O)NC(C)(C)C. The molecule has 1 aromatic carbocycles. The summed E-state index contributed by atoms with van der Waals surface area (Å²) in [6.07, 6.45) is 0. The van der Waals surface area contributed by atoms with Gasteiger partial charge in [0.2, 0.25) is 5.91 Å². The number of amides is 1. The van der Waals surface area contributed by atoms with Gasteiger partial charge in [-0.2, -0.15) is 0 Å². The highest BCUT2D eigenvalue weighted by Gasteiger charge is 2.17. The Morgan fingerprint density at radius 3 is 2.50 bits per heavy atom. The Morgan fingerprint density at radius 2 is 2.00 bits per heavy atom. The zero-order chi connectivity index (χ0) is 13.9. The minimum absolute atomic E-state index is 0.0258. The summed E-state index contributed by atoms with van der Waals surface area (Å²) in [5, 5.41) is 2.79. The van der Waals surface area contributed by atoms with Crippen LogP contribution in [0.4, 0.5) is 5.69 Å². The van der Waals surface area contributed by atoms with Gasteiger partial charge in [0.15, 0.2) is 0 Å². The maximum absolute atomic E-state index is 12.1. The van der Waals surface area contributed by atoms with Crippen molar-refractivity contribution in [1.82, 2.24) is 5.32 Å². The zero-order valence-electron chi connectivity index (χ0n) is 11.2. The smallest absolute Gasteiger partial charge is 0.233 e.